The number of halogens is 4. The lowest BCUT2D eigenvalue weighted by Crippen LogP contribution is -2.48. The molecule has 1 unspecified atom stereocenters. The number of alkyl halides is 3. The summed E-state index contributed by atoms with van der Waals surface area (Å²) in [5.41, 5.74) is 10.1. The number of benzene rings is 3. The molecule has 0 aliphatic carbocycles. The van der Waals surface area contributed by atoms with Crippen molar-refractivity contribution < 1.29 is 22.7 Å². The largest absolute Gasteiger partial charge is 0.573 e. The van der Waals surface area contributed by atoms with Gasteiger partial charge in [0.2, 0.25) is 11.9 Å². The monoisotopic (exact) mass is 631 g/mol. The van der Waals surface area contributed by atoms with Gasteiger partial charge in [-0.25, -0.2) is 5.43 Å². The third-order valence-corrected chi connectivity index (χ3v) is 8.06. The fourth-order valence-electron chi connectivity index (χ4n) is 4.62. The zero-order chi connectivity index (χ0) is 30.7. The van der Waals surface area contributed by atoms with Gasteiger partial charge in [-0.05, 0) is 53.4 Å². The van der Waals surface area contributed by atoms with Crippen LogP contribution >= 0.6 is 23.4 Å². The maximum Gasteiger partial charge on any atom is 0.573 e. The molecule has 1 atom stereocenters. The second-order valence-electron chi connectivity index (χ2n) is 9.91. The number of nitrogens with zero attached hydrogens (tertiary/aromatic N) is 4. The number of anilines is 2. The molecule has 0 radical (unpaired) electrons. The molecule has 3 N–H and O–H groups in total. The van der Waals surface area contributed by atoms with Crippen LogP contribution < -0.4 is 25.8 Å². The zero-order valence-corrected chi connectivity index (χ0v) is 25.0. The Labute approximate surface area is 255 Å². The topological polar surface area (TPSA) is 96.3 Å². The van der Waals surface area contributed by atoms with Crippen LogP contribution in [0.25, 0.3) is 17.1 Å². The summed E-state index contributed by atoms with van der Waals surface area (Å²) in [6.45, 7) is 4.60. The van der Waals surface area contributed by atoms with Gasteiger partial charge in [-0.3, -0.25) is 15.1 Å². The molecule has 2 heterocycles. The van der Waals surface area contributed by atoms with E-state index < -0.39 is 6.36 Å². The number of thioether (sulfide) groups is 1. The lowest BCUT2D eigenvalue weighted by Gasteiger charge is -2.28. The summed E-state index contributed by atoms with van der Waals surface area (Å²) in [6, 6.07) is 18.7. The first-order chi connectivity index (χ1) is 20.5. The number of carbonyl (C=O) groups excluding carboxylic acids is 1. The van der Waals surface area contributed by atoms with Gasteiger partial charge in [-0.1, -0.05) is 55.8 Å². The predicted octanol–water partition coefficient (Wildman–Crippen LogP) is 6.31. The van der Waals surface area contributed by atoms with E-state index in [0.29, 0.717) is 40.3 Å². The molecule has 3 aromatic carbocycles. The number of carbonyl (C=O) groups is 1. The smallest absolute Gasteiger partial charge is 0.406 e. The van der Waals surface area contributed by atoms with E-state index in [0.717, 1.165) is 16.8 Å². The van der Waals surface area contributed by atoms with Crippen LogP contribution in [-0.4, -0.2) is 45.3 Å². The third-order valence-electron chi connectivity index (χ3n) is 6.65. The van der Waals surface area contributed by atoms with E-state index in [2.05, 4.69) is 44.8 Å². The van der Waals surface area contributed by atoms with Crippen molar-refractivity contribution in [3.8, 4) is 22.8 Å². The van der Waals surface area contributed by atoms with Crippen molar-refractivity contribution in [2.45, 2.75) is 38.2 Å². The average molecular weight is 632 g/mol. The Bertz CT molecular complexity index is 1600. The van der Waals surface area contributed by atoms with Crippen molar-refractivity contribution in [2.24, 2.45) is 0 Å². The number of rotatable bonds is 10. The maximum atomic E-state index is 12.8. The molecule has 1 aliphatic rings. The molecule has 4 aromatic rings. The van der Waals surface area contributed by atoms with Crippen LogP contribution in [0.5, 0.6) is 5.75 Å². The fourth-order valence-corrected chi connectivity index (χ4v) is 5.85. The van der Waals surface area contributed by atoms with Crippen LogP contribution in [0.1, 0.15) is 30.9 Å². The van der Waals surface area contributed by atoms with Gasteiger partial charge in [-0.2, -0.15) is 9.67 Å². The summed E-state index contributed by atoms with van der Waals surface area (Å²) in [5.74, 6) is 1.11. The van der Waals surface area contributed by atoms with E-state index in [-0.39, 0.29) is 23.1 Å². The highest BCUT2D eigenvalue weighted by Crippen LogP contribution is 2.35. The molecular weight excluding hydrogens is 603 g/mol. The summed E-state index contributed by atoms with van der Waals surface area (Å²) in [4.78, 5) is 19.1. The molecular formula is C29H29ClF3N7O2S. The number of aromatic nitrogens is 3. The van der Waals surface area contributed by atoms with E-state index >= 15 is 0 Å². The minimum atomic E-state index is -4.77. The average Bonchev–Trinajstić information content (AvgIpc) is 3.57. The quantitative estimate of drug-likeness (QED) is 0.175. The molecule has 1 aliphatic heterocycles. The molecule has 1 fully saturated rings. The van der Waals surface area contributed by atoms with Crippen molar-refractivity contribution in [3.63, 3.8) is 0 Å². The van der Waals surface area contributed by atoms with Crippen LogP contribution in [0.2, 0.25) is 5.02 Å². The second-order valence-corrected chi connectivity index (χ2v) is 11.4. The van der Waals surface area contributed by atoms with E-state index in [1.165, 1.54) is 40.7 Å². The molecule has 0 saturated carbocycles. The number of hydrogen-bond donors (Lipinski definition) is 3. The van der Waals surface area contributed by atoms with E-state index in [9.17, 15) is 18.0 Å². The van der Waals surface area contributed by atoms with Gasteiger partial charge in [0.15, 0.2) is 5.82 Å². The first-order valence-corrected chi connectivity index (χ1v) is 14.8. The number of hydrazine groups is 1. The minimum absolute atomic E-state index is 0.0400. The van der Waals surface area contributed by atoms with Gasteiger partial charge < -0.3 is 10.1 Å². The molecule has 1 amide bonds. The highest BCUT2D eigenvalue weighted by Gasteiger charge is 2.34. The Hall–Kier alpha value is -3.78. The predicted molar refractivity (Wildman–Crippen MR) is 162 cm³/mol. The van der Waals surface area contributed by atoms with Crippen LogP contribution in [0.15, 0.2) is 66.7 Å². The van der Waals surface area contributed by atoms with Gasteiger partial charge in [0, 0.05) is 29.9 Å². The van der Waals surface area contributed by atoms with Gasteiger partial charge in [0.25, 0.3) is 0 Å². The molecule has 9 nitrogen and oxygen atoms in total. The van der Waals surface area contributed by atoms with Crippen molar-refractivity contribution in [1.29, 1.82) is 0 Å². The number of amides is 1. The van der Waals surface area contributed by atoms with Crippen LogP contribution in [0, 0.1) is 0 Å². The number of nitrogens with one attached hydrogen (secondary N) is 3. The molecule has 43 heavy (non-hydrogen) atoms. The summed E-state index contributed by atoms with van der Waals surface area (Å²) >= 11 is 8.13. The number of ether oxygens (including phenoxy) is 1. The Morgan fingerprint density at radius 1 is 1.12 bits per heavy atom. The zero-order valence-electron chi connectivity index (χ0n) is 23.4. The Morgan fingerprint density at radius 2 is 1.86 bits per heavy atom. The maximum absolute atomic E-state index is 12.8. The molecule has 226 valence electrons. The first-order valence-electron chi connectivity index (χ1n) is 13.3. The Morgan fingerprint density at radius 3 is 2.53 bits per heavy atom. The number of para-hydroxylation sites is 1. The van der Waals surface area contributed by atoms with Crippen LogP contribution in [-0.2, 0) is 11.3 Å². The lowest BCUT2D eigenvalue weighted by atomic mass is 10.0. The highest BCUT2D eigenvalue weighted by atomic mass is 35.5. The summed E-state index contributed by atoms with van der Waals surface area (Å²) in [5, 5.41) is 7.96. The van der Waals surface area contributed by atoms with E-state index in [1.807, 2.05) is 36.4 Å². The molecule has 14 heteroatoms. The van der Waals surface area contributed by atoms with Crippen LogP contribution in [0.4, 0.5) is 24.8 Å². The van der Waals surface area contributed by atoms with Crippen molar-refractivity contribution in [3.05, 3.63) is 82.9 Å². The van der Waals surface area contributed by atoms with E-state index in [4.69, 9.17) is 11.6 Å². The normalized spacial score (nSPS) is 15.4. The first kappa shape index (κ1) is 30.7. The lowest BCUT2D eigenvalue weighted by molar-refractivity contribution is -0.274. The third kappa shape index (κ3) is 7.07. The molecule has 0 bridgehead atoms. The SMILES string of the molecule is CNc1nc(-c2ccc(CNNC3SCC(=O)N3c3ccccc3C(C)C)c(Cl)c2)nn1-c1ccc(OC(F)(F)F)cc1. The van der Waals surface area contributed by atoms with Crippen LogP contribution in [0.3, 0.4) is 0 Å². The standard InChI is InChI=1S/C29H29ClF3N7O2S/c1-17(2)22-6-4-5-7-24(22)39-25(41)16-43-28(39)37-35-15-19-9-8-18(14-23(19)30)26-36-27(34-3)40(38-26)20-10-12-21(13-11-20)42-29(31,32)33/h4-14,17,28,35,37H,15-16H2,1-3H3,(H,34,36,38). The van der Waals surface area contributed by atoms with Gasteiger partial charge in [-0.15, -0.1) is 30.0 Å². The Kier molecular flexibility index (Phi) is 9.16. The Balaban J connectivity index is 1.26. The number of hydrogen-bond acceptors (Lipinski definition) is 8. The second kappa shape index (κ2) is 12.8. The minimum Gasteiger partial charge on any atom is -0.406 e. The fraction of sp³-hybridized carbons (Fsp3) is 0.276. The molecule has 1 saturated heterocycles. The van der Waals surface area contributed by atoms with Crippen molar-refractivity contribution >= 4 is 40.9 Å². The van der Waals surface area contributed by atoms with Gasteiger partial charge in [0.1, 0.15) is 11.2 Å². The summed E-state index contributed by atoms with van der Waals surface area (Å²) in [7, 11) is 1.67. The summed E-state index contributed by atoms with van der Waals surface area (Å²) in [6.07, 6.45) is -4.77. The van der Waals surface area contributed by atoms with E-state index in [1.54, 1.807) is 18.0 Å². The summed E-state index contributed by atoms with van der Waals surface area (Å²) < 4.78 is 43.0. The van der Waals surface area contributed by atoms with Crippen molar-refractivity contribution in [1.82, 2.24) is 25.6 Å². The van der Waals surface area contributed by atoms with Crippen molar-refractivity contribution in [2.75, 3.05) is 23.0 Å². The van der Waals surface area contributed by atoms with Gasteiger partial charge in [0.05, 0.1) is 11.4 Å². The highest BCUT2D eigenvalue weighted by molar-refractivity contribution is 8.01. The molecule has 1 aromatic heterocycles. The van der Waals surface area contributed by atoms with Gasteiger partial charge >= 0.3 is 6.36 Å². The molecule has 5 rings (SSSR count). The molecule has 0 spiro atoms.